The molecular weight excluding hydrogens is 272 g/mol. The number of hydrogen-bond donors (Lipinski definition) is 1. The van der Waals surface area contributed by atoms with Crippen LogP contribution in [0.4, 0.5) is 5.69 Å². The molecule has 0 unspecified atom stereocenters. The van der Waals surface area contributed by atoms with Gasteiger partial charge in [0.15, 0.2) is 0 Å². The van der Waals surface area contributed by atoms with Crippen LogP contribution in [-0.2, 0) is 10.2 Å². The molecule has 0 bridgehead atoms. The summed E-state index contributed by atoms with van der Waals surface area (Å²) in [5.41, 5.74) is 3.42. The Morgan fingerprint density at radius 2 is 2.20 bits per heavy atom. The van der Waals surface area contributed by atoms with Gasteiger partial charge in [0, 0.05) is 28.0 Å². The number of nitrogens with zero attached hydrogens (tertiary/aromatic N) is 1. The van der Waals surface area contributed by atoms with E-state index >= 15 is 0 Å². The number of aryl methyl sites for hydroxylation is 1. The molecule has 1 amide bonds. The Bertz CT molecular complexity index is 743. The van der Waals surface area contributed by atoms with Crippen LogP contribution < -0.4 is 5.32 Å². The Kier molecular flexibility index (Phi) is 2.28. The number of amides is 1. The predicted molar refractivity (Wildman–Crippen MR) is 78.1 cm³/mol. The van der Waals surface area contributed by atoms with E-state index in [1.54, 1.807) is 0 Å². The smallest absolute Gasteiger partial charge is 0.235 e. The molecule has 1 saturated carbocycles. The summed E-state index contributed by atoms with van der Waals surface area (Å²) >= 11 is 6.09. The molecule has 2 atom stereocenters. The van der Waals surface area contributed by atoms with Crippen LogP contribution in [0.25, 0.3) is 0 Å². The van der Waals surface area contributed by atoms with Gasteiger partial charge >= 0.3 is 0 Å². The van der Waals surface area contributed by atoms with E-state index in [0.717, 1.165) is 29.1 Å². The van der Waals surface area contributed by atoms with E-state index in [9.17, 15) is 4.79 Å². The van der Waals surface area contributed by atoms with Gasteiger partial charge in [-0.2, -0.15) is 0 Å². The van der Waals surface area contributed by atoms with Gasteiger partial charge in [-0.3, -0.25) is 9.78 Å². The first-order valence-electron chi connectivity index (χ1n) is 6.66. The van der Waals surface area contributed by atoms with Gasteiger partial charge in [0.1, 0.15) is 0 Å². The van der Waals surface area contributed by atoms with Gasteiger partial charge in [0.2, 0.25) is 5.91 Å². The second-order valence-corrected chi connectivity index (χ2v) is 6.01. The molecule has 1 aliphatic heterocycles. The Morgan fingerprint density at radius 1 is 1.35 bits per heavy atom. The quantitative estimate of drug-likeness (QED) is 0.872. The summed E-state index contributed by atoms with van der Waals surface area (Å²) in [7, 11) is 0. The monoisotopic (exact) mass is 284 g/mol. The molecule has 1 aliphatic carbocycles. The molecular formula is C16H13ClN2O. The first-order chi connectivity index (χ1) is 9.61. The van der Waals surface area contributed by atoms with Crippen molar-refractivity contribution in [1.29, 1.82) is 0 Å². The third-order valence-corrected chi connectivity index (χ3v) is 4.58. The highest BCUT2D eigenvalue weighted by atomic mass is 35.5. The number of aromatic nitrogens is 1. The molecule has 100 valence electrons. The minimum atomic E-state index is -0.457. The molecule has 1 spiro atoms. The van der Waals surface area contributed by atoms with Crippen molar-refractivity contribution in [1.82, 2.24) is 4.98 Å². The average molecular weight is 285 g/mol. The molecule has 1 aromatic carbocycles. The molecule has 4 rings (SSSR count). The Hall–Kier alpha value is -1.87. The highest BCUT2D eigenvalue weighted by molar-refractivity contribution is 6.31. The van der Waals surface area contributed by atoms with Crippen molar-refractivity contribution in [2.24, 2.45) is 0 Å². The Balaban J connectivity index is 1.81. The molecule has 1 fully saturated rings. The molecule has 1 aromatic heterocycles. The summed E-state index contributed by atoms with van der Waals surface area (Å²) < 4.78 is 0. The van der Waals surface area contributed by atoms with Crippen molar-refractivity contribution in [2.75, 3.05) is 5.32 Å². The van der Waals surface area contributed by atoms with Crippen LogP contribution in [0.2, 0.25) is 5.02 Å². The van der Waals surface area contributed by atoms with Crippen LogP contribution in [0.1, 0.15) is 29.3 Å². The number of nitrogens with one attached hydrogen (secondary N) is 1. The summed E-state index contributed by atoms with van der Waals surface area (Å²) in [4.78, 5) is 17.0. The van der Waals surface area contributed by atoms with Gasteiger partial charge in [-0.05, 0) is 49.2 Å². The van der Waals surface area contributed by atoms with Gasteiger partial charge in [-0.15, -0.1) is 0 Å². The van der Waals surface area contributed by atoms with E-state index in [1.165, 1.54) is 0 Å². The summed E-state index contributed by atoms with van der Waals surface area (Å²) in [6, 6.07) is 11.6. The number of halogens is 1. The third kappa shape index (κ3) is 1.47. The van der Waals surface area contributed by atoms with Gasteiger partial charge in [0.05, 0.1) is 5.41 Å². The van der Waals surface area contributed by atoms with Crippen molar-refractivity contribution < 1.29 is 4.79 Å². The SMILES string of the molecule is Cc1cccc([C@H]2C[C@]23C(=O)Nc2ccc(Cl)cc23)n1. The Labute approximate surface area is 122 Å². The van der Waals surface area contributed by atoms with Gasteiger partial charge in [-0.1, -0.05) is 17.7 Å². The van der Waals surface area contributed by atoms with E-state index in [0.29, 0.717) is 5.02 Å². The maximum absolute atomic E-state index is 12.4. The maximum atomic E-state index is 12.4. The average Bonchev–Trinajstić information content (AvgIpc) is 3.11. The standard InChI is InChI=1S/C16H13ClN2O/c1-9-3-2-4-13(18-9)12-8-16(12)11-7-10(17)5-6-14(11)19-15(16)20/h2-7,12H,8H2,1H3,(H,19,20)/t12-,16-/m1/s1. The van der Waals surface area contributed by atoms with Gasteiger partial charge in [-0.25, -0.2) is 0 Å². The molecule has 3 nitrogen and oxygen atoms in total. The zero-order chi connectivity index (χ0) is 13.9. The minimum Gasteiger partial charge on any atom is -0.325 e. The molecule has 2 aliphatic rings. The number of pyridine rings is 1. The van der Waals surface area contributed by atoms with Crippen LogP contribution in [0.5, 0.6) is 0 Å². The number of carbonyl (C=O) groups excluding carboxylic acids is 1. The van der Waals surface area contributed by atoms with Gasteiger partial charge in [0.25, 0.3) is 0 Å². The molecule has 20 heavy (non-hydrogen) atoms. The predicted octanol–water partition coefficient (Wildman–Crippen LogP) is 3.42. The molecule has 0 saturated heterocycles. The topological polar surface area (TPSA) is 42.0 Å². The second kappa shape index (κ2) is 3.83. The number of benzene rings is 1. The highest BCUT2D eigenvalue weighted by Gasteiger charge is 2.65. The van der Waals surface area contributed by atoms with Gasteiger partial charge < -0.3 is 5.32 Å². The lowest BCUT2D eigenvalue weighted by Crippen LogP contribution is -2.21. The molecule has 4 heteroatoms. The highest BCUT2D eigenvalue weighted by Crippen LogP contribution is 2.64. The van der Waals surface area contributed by atoms with E-state index in [-0.39, 0.29) is 11.8 Å². The van der Waals surface area contributed by atoms with Crippen LogP contribution in [0.15, 0.2) is 36.4 Å². The van der Waals surface area contributed by atoms with Crippen molar-refractivity contribution in [3.8, 4) is 0 Å². The van der Waals surface area contributed by atoms with Crippen molar-refractivity contribution in [2.45, 2.75) is 24.7 Å². The van der Waals surface area contributed by atoms with Crippen LogP contribution in [0.3, 0.4) is 0 Å². The van der Waals surface area contributed by atoms with E-state index in [2.05, 4.69) is 10.3 Å². The van der Waals surface area contributed by atoms with Crippen molar-refractivity contribution in [3.63, 3.8) is 0 Å². The Morgan fingerprint density at radius 3 is 3.00 bits per heavy atom. The molecule has 2 heterocycles. The summed E-state index contributed by atoms with van der Waals surface area (Å²) in [5.74, 6) is 0.227. The van der Waals surface area contributed by atoms with E-state index in [1.807, 2.05) is 43.3 Å². The number of hydrogen-bond acceptors (Lipinski definition) is 2. The van der Waals surface area contributed by atoms with Crippen LogP contribution >= 0.6 is 11.6 Å². The number of fused-ring (bicyclic) bond motifs is 2. The lowest BCUT2D eigenvalue weighted by Gasteiger charge is -2.09. The van der Waals surface area contributed by atoms with Crippen LogP contribution in [0, 0.1) is 6.92 Å². The molecule has 1 N–H and O–H groups in total. The number of rotatable bonds is 1. The lowest BCUT2D eigenvalue weighted by molar-refractivity contribution is -0.118. The van der Waals surface area contributed by atoms with Crippen molar-refractivity contribution in [3.05, 3.63) is 58.4 Å². The summed E-state index contributed by atoms with van der Waals surface area (Å²) in [6.45, 7) is 1.97. The maximum Gasteiger partial charge on any atom is 0.235 e. The zero-order valence-electron chi connectivity index (χ0n) is 11.0. The fraction of sp³-hybridized carbons (Fsp3) is 0.250. The van der Waals surface area contributed by atoms with Crippen LogP contribution in [-0.4, -0.2) is 10.9 Å². The minimum absolute atomic E-state index is 0.0723. The molecule has 0 radical (unpaired) electrons. The fourth-order valence-corrected chi connectivity index (χ4v) is 3.45. The first-order valence-corrected chi connectivity index (χ1v) is 7.04. The van der Waals surface area contributed by atoms with Crippen molar-refractivity contribution >= 4 is 23.2 Å². The van der Waals surface area contributed by atoms with E-state index in [4.69, 9.17) is 11.6 Å². The first kappa shape index (κ1) is 11.9. The second-order valence-electron chi connectivity index (χ2n) is 5.58. The number of carbonyl (C=O) groups is 1. The zero-order valence-corrected chi connectivity index (χ0v) is 11.7. The largest absolute Gasteiger partial charge is 0.325 e. The summed E-state index contributed by atoms with van der Waals surface area (Å²) in [6.07, 6.45) is 0.808. The molecule has 2 aromatic rings. The lowest BCUT2D eigenvalue weighted by atomic mass is 9.93. The fourth-order valence-electron chi connectivity index (χ4n) is 3.28. The number of anilines is 1. The van der Waals surface area contributed by atoms with E-state index < -0.39 is 5.41 Å². The third-order valence-electron chi connectivity index (χ3n) is 4.34. The normalized spacial score (nSPS) is 26.5. The summed E-state index contributed by atoms with van der Waals surface area (Å²) in [5, 5.41) is 3.64.